The first-order valence-electron chi connectivity index (χ1n) is 8.40. The maximum atomic E-state index is 12.3. The minimum atomic E-state index is -3.46. The largest absolute Gasteiger partial charge is 0.495 e. The van der Waals surface area contributed by atoms with Crippen LogP contribution in [0.15, 0.2) is 24.3 Å². The minimum Gasteiger partial charge on any atom is -0.495 e. The molecule has 0 unspecified atom stereocenters. The summed E-state index contributed by atoms with van der Waals surface area (Å²) in [6, 6.07) is 7.00. The quantitative estimate of drug-likeness (QED) is 0.718. The molecule has 140 valence electrons. The molecule has 0 bridgehead atoms. The summed E-state index contributed by atoms with van der Waals surface area (Å²) in [6.45, 7) is 3.47. The number of carbonyl (C=O) groups is 1. The number of carbonyl (C=O) groups excluding carboxylic acids is 1. The number of benzene rings is 1. The molecule has 1 aliphatic rings. The third-order valence-electron chi connectivity index (χ3n) is 4.36. The van der Waals surface area contributed by atoms with E-state index in [4.69, 9.17) is 4.74 Å². The van der Waals surface area contributed by atoms with Crippen LogP contribution in [0.3, 0.4) is 0 Å². The molecule has 0 radical (unpaired) electrons. The van der Waals surface area contributed by atoms with Crippen molar-refractivity contribution < 1.29 is 17.9 Å². The summed E-state index contributed by atoms with van der Waals surface area (Å²) in [5, 5.41) is 0. The van der Waals surface area contributed by atoms with Crippen LogP contribution >= 0.6 is 0 Å². The van der Waals surface area contributed by atoms with Crippen molar-refractivity contribution in [3.8, 4) is 5.75 Å². The molecule has 1 heterocycles. The van der Waals surface area contributed by atoms with Gasteiger partial charge in [-0.3, -0.25) is 9.10 Å². The Morgan fingerprint density at radius 3 is 2.44 bits per heavy atom. The molecule has 1 amide bonds. The summed E-state index contributed by atoms with van der Waals surface area (Å²) in [5.41, 5.74) is 0.500. The summed E-state index contributed by atoms with van der Waals surface area (Å²) in [4.78, 5) is 16.4. The van der Waals surface area contributed by atoms with Gasteiger partial charge in [0.15, 0.2) is 0 Å². The number of ether oxygens (including phenoxy) is 1. The molecule has 1 aliphatic heterocycles. The molecule has 0 aromatic heterocycles. The number of sulfonamides is 1. The standard InChI is InChI=1S/C17H27N3O4S/c1-18-11-13-19(14-12-18)17(21)9-6-10-20(25(3,22)23)15-7-4-5-8-16(15)24-2/h4-5,7-8H,6,9-14H2,1-3H3. The third-order valence-corrected chi connectivity index (χ3v) is 5.54. The van der Waals surface area contributed by atoms with Gasteiger partial charge in [-0.15, -0.1) is 0 Å². The van der Waals surface area contributed by atoms with Crippen LogP contribution in [-0.4, -0.2) is 77.3 Å². The number of hydrogen-bond donors (Lipinski definition) is 0. The number of hydrogen-bond acceptors (Lipinski definition) is 5. The summed E-state index contributed by atoms with van der Waals surface area (Å²) < 4.78 is 30.9. The maximum Gasteiger partial charge on any atom is 0.232 e. The topological polar surface area (TPSA) is 70.2 Å². The van der Waals surface area contributed by atoms with Crippen molar-refractivity contribution in [2.75, 3.05) is 57.4 Å². The van der Waals surface area contributed by atoms with Crippen molar-refractivity contribution in [2.45, 2.75) is 12.8 Å². The second-order valence-electron chi connectivity index (χ2n) is 6.29. The number of rotatable bonds is 7. The number of amides is 1. The summed E-state index contributed by atoms with van der Waals surface area (Å²) in [5.74, 6) is 0.583. The lowest BCUT2D eigenvalue weighted by Crippen LogP contribution is -2.47. The lowest BCUT2D eigenvalue weighted by molar-refractivity contribution is -0.132. The average molecular weight is 369 g/mol. The van der Waals surface area contributed by atoms with Gasteiger partial charge in [-0.05, 0) is 25.6 Å². The Hall–Kier alpha value is -1.80. The predicted octanol–water partition coefficient (Wildman–Crippen LogP) is 1.02. The molecular weight excluding hydrogens is 342 g/mol. The van der Waals surface area contributed by atoms with Crippen molar-refractivity contribution in [2.24, 2.45) is 0 Å². The van der Waals surface area contributed by atoms with Crippen molar-refractivity contribution >= 4 is 21.6 Å². The van der Waals surface area contributed by atoms with Gasteiger partial charge in [0.1, 0.15) is 5.75 Å². The van der Waals surface area contributed by atoms with E-state index in [9.17, 15) is 13.2 Å². The van der Waals surface area contributed by atoms with Gasteiger partial charge in [0.05, 0.1) is 19.1 Å². The first-order valence-corrected chi connectivity index (χ1v) is 10.2. The molecule has 1 aromatic rings. The average Bonchev–Trinajstić information content (AvgIpc) is 2.58. The van der Waals surface area contributed by atoms with E-state index in [1.165, 1.54) is 17.7 Å². The van der Waals surface area contributed by atoms with Crippen LogP contribution in [0.1, 0.15) is 12.8 Å². The SMILES string of the molecule is COc1ccccc1N(CCCC(=O)N1CCN(C)CC1)S(C)(=O)=O. The van der Waals surface area contributed by atoms with E-state index in [0.29, 0.717) is 24.3 Å². The number of nitrogens with zero attached hydrogens (tertiary/aromatic N) is 3. The van der Waals surface area contributed by atoms with E-state index in [1.54, 1.807) is 24.3 Å². The van der Waals surface area contributed by atoms with Gasteiger partial charge in [0.2, 0.25) is 15.9 Å². The molecular formula is C17H27N3O4S. The Kier molecular flexibility index (Phi) is 6.66. The molecule has 0 aliphatic carbocycles. The zero-order valence-corrected chi connectivity index (χ0v) is 16.0. The second-order valence-corrected chi connectivity index (χ2v) is 8.20. The number of likely N-dealkylation sites (N-methyl/N-ethyl adjacent to an activating group) is 1. The van der Waals surface area contributed by atoms with E-state index in [2.05, 4.69) is 4.90 Å². The van der Waals surface area contributed by atoms with Gasteiger partial charge in [-0.1, -0.05) is 12.1 Å². The van der Waals surface area contributed by atoms with Crippen LogP contribution in [0.4, 0.5) is 5.69 Å². The van der Waals surface area contributed by atoms with E-state index in [0.717, 1.165) is 26.2 Å². The van der Waals surface area contributed by atoms with Gasteiger partial charge < -0.3 is 14.5 Å². The van der Waals surface area contributed by atoms with Crippen LogP contribution in [0, 0.1) is 0 Å². The van der Waals surface area contributed by atoms with Crippen LogP contribution in [0.5, 0.6) is 5.75 Å². The monoisotopic (exact) mass is 369 g/mol. The Morgan fingerprint density at radius 1 is 1.20 bits per heavy atom. The fourth-order valence-corrected chi connectivity index (χ4v) is 3.86. The Morgan fingerprint density at radius 2 is 1.84 bits per heavy atom. The molecule has 8 heteroatoms. The Balaban J connectivity index is 1.98. The summed E-state index contributed by atoms with van der Waals surface area (Å²) in [7, 11) is 0.0919. The van der Waals surface area contributed by atoms with Crippen LogP contribution in [0.2, 0.25) is 0 Å². The number of methoxy groups -OCH3 is 1. The highest BCUT2D eigenvalue weighted by atomic mass is 32.2. The zero-order valence-electron chi connectivity index (χ0n) is 15.1. The molecule has 25 heavy (non-hydrogen) atoms. The lowest BCUT2D eigenvalue weighted by atomic mass is 10.2. The number of para-hydroxylation sites is 2. The highest BCUT2D eigenvalue weighted by Gasteiger charge is 2.22. The van der Waals surface area contributed by atoms with E-state index in [1.807, 2.05) is 11.9 Å². The minimum absolute atomic E-state index is 0.0848. The van der Waals surface area contributed by atoms with Gasteiger partial charge in [-0.25, -0.2) is 8.42 Å². The first kappa shape index (κ1) is 19.5. The summed E-state index contributed by atoms with van der Waals surface area (Å²) in [6.07, 6.45) is 1.98. The van der Waals surface area contributed by atoms with Crippen molar-refractivity contribution in [1.82, 2.24) is 9.80 Å². The molecule has 7 nitrogen and oxygen atoms in total. The molecule has 0 saturated carbocycles. The van der Waals surface area contributed by atoms with Crippen molar-refractivity contribution in [3.63, 3.8) is 0 Å². The van der Waals surface area contributed by atoms with Crippen LogP contribution < -0.4 is 9.04 Å². The molecule has 1 fully saturated rings. The molecule has 0 N–H and O–H groups in total. The molecule has 0 atom stereocenters. The molecule has 0 spiro atoms. The van der Waals surface area contributed by atoms with E-state index in [-0.39, 0.29) is 12.5 Å². The normalized spacial score (nSPS) is 15.9. The van der Waals surface area contributed by atoms with E-state index < -0.39 is 10.0 Å². The van der Waals surface area contributed by atoms with Crippen molar-refractivity contribution in [3.05, 3.63) is 24.3 Å². The fourth-order valence-electron chi connectivity index (χ4n) is 2.89. The van der Waals surface area contributed by atoms with Gasteiger partial charge in [-0.2, -0.15) is 0 Å². The Labute approximate surface area is 150 Å². The number of piperazine rings is 1. The number of anilines is 1. The first-order chi connectivity index (χ1) is 11.8. The van der Waals surface area contributed by atoms with Crippen LogP contribution in [-0.2, 0) is 14.8 Å². The van der Waals surface area contributed by atoms with Gasteiger partial charge >= 0.3 is 0 Å². The predicted molar refractivity (Wildman–Crippen MR) is 98.5 cm³/mol. The Bertz CT molecular complexity index is 685. The highest BCUT2D eigenvalue weighted by molar-refractivity contribution is 7.92. The second kappa shape index (κ2) is 8.53. The highest BCUT2D eigenvalue weighted by Crippen LogP contribution is 2.29. The fraction of sp³-hybridized carbons (Fsp3) is 0.588. The maximum absolute atomic E-state index is 12.3. The van der Waals surface area contributed by atoms with Crippen molar-refractivity contribution in [1.29, 1.82) is 0 Å². The van der Waals surface area contributed by atoms with E-state index >= 15 is 0 Å². The molecule has 1 aromatic carbocycles. The smallest absolute Gasteiger partial charge is 0.232 e. The third kappa shape index (κ3) is 5.34. The molecule has 2 rings (SSSR count). The van der Waals surface area contributed by atoms with Gasteiger partial charge in [0.25, 0.3) is 0 Å². The lowest BCUT2D eigenvalue weighted by Gasteiger charge is -2.32. The molecule has 1 saturated heterocycles. The van der Waals surface area contributed by atoms with Gasteiger partial charge in [0, 0.05) is 39.1 Å². The zero-order chi connectivity index (χ0) is 18.4. The van der Waals surface area contributed by atoms with Crippen LogP contribution in [0.25, 0.3) is 0 Å². The summed E-state index contributed by atoms with van der Waals surface area (Å²) >= 11 is 0.